The highest BCUT2D eigenvalue weighted by Crippen LogP contribution is 2.30. The minimum absolute atomic E-state index is 0.0689. The summed E-state index contributed by atoms with van der Waals surface area (Å²) in [6.07, 6.45) is 30.1. The standard InChI is InChI=1S/C42H53ClN2O4/c1-4-5-6-7-8-9-10-11-12-13-14-15-16-17-18-19-21-35(40(44)47)32-37-22-20-31-45(37)41(48)42(2,3)49-38-29-25-34(26-30-38)39(46)33-23-27-36(43)28-24-33/h5-6,8-9,11-12,14-15,17-18,23-30,35,37H,4,7,10,13,16,19-22,31-32H2,1-3H3,(H2,44,47)/t35?,37-/m1/s1. The van der Waals surface area contributed by atoms with Gasteiger partial charge in [-0.1, -0.05) is 79.3 Å². The van der Waals surface area contributed by atoms with Crippen LogP contribution in [0.5, 0.6) is 5.75 Å². The van der Waals surface area contributed by atoms with Gasteiger partial charge in [0.1, 0.15) is 5.75 Å². The average molecular weight is 685 g/mol. The molecule has 7 heteroatoms. The predicted molar refractivity (Wildman–Crippen MR) is 202 cm³/mol. The highest BCUT2D eigenvalue weighted by molar-refractivity contribution is 6.30. The molecule has 3 rings (SSSR count). The Kier molecular flexibility index (Phi) is 16.9. The molecule has 6 nitrogen and oxygen atoms in total. The molecule has 0 spiro atoms. The molecule has 0 radical (unpaired) electrons. The van der Waals surface area contributed by atoms with Gasteiger partial charge in [0.25, 0.3) is 5.91 Å². The molecule has 1 unspecified atom stereocenters. The van der Waals surface area contributed by atoms with Crippen molar-refractivity contribution in [3.63, 3.8) is 0 Å². The summed E-state index contributed by atoms with van der Waals surface area (Å²) in [7, 11) is 0. The Bertz CT molecular complexity index is 1490. The minimum atomic E-state index is -1.14. The number of nitrogens with zero attached hydrogens (tertiary/aromatic N) is 1. The van der Waals surface area contributed by atoms with Gasteiger partial charge in [0.15, 0.2) is 11.4 Å². The number of amides is 2. The highest BCUT2D eigenvalue weighted by Gasteiger charge is 2.40. The lowest BCUT2D eigenvalue weighted by Crippen LogP contribution is -2.51. The molecule has 2 atom stereocenters. The Labute approximate surface area is 298 Å². The maximum atomic E-state index is 13.7. The Morgan fingerprint density at radius 2 is 1.35 bits per heavy atom. The zero-order valence-electron chi connectivity index (χ0n) is 29.4. The molecule has 1 fully saturated rings. The van der Waals surface area contributed by atoms with Crippen LogP contribution in [0.3, 0.4) is 0 Å². The first kappa shape index (κ1) is 39.3. The number of ether oxygens (including phenoxy) is 1. The summed E-state index contributed by atoms with van der Waals surface area (Å²) < 4.78 is 6.16. The molecule has 0 aliphatic carbocycles. The number of carbonyl (C=O) groups excluding carboxylic acids is 3. The Hall–Kier alpha value is -4.16. The van der Waals surface area contributed by atoms with Crippen LogP contribution >= 0.6 is 11.6 Å². The number of hydrogen-bond donors (Lipinski definition) is 1. The third-order valence-electron chi connectivity index (χ3n) is 8.55. The maximum Gasteiger partial charge on any atom is 0.266 e. The van der Waals surface area contributed by atoms with E-state index in [0.717, 1.165) is 51.4 Å². The van der Waals surface area contributed by atoms with Crippen molar-refractivity contribution >= 4 is 29.2 Å². The van der Waals surface area contributed by atoms with E-state index in [1.807, 2.05) is 4.90 Å². The van der Waals surface area contributed by atoms with Crippen molar-refractivity contribution in [1.82, 2.24) is 4.90 Å². The maximum absolute atomic E-state index is 13.7. The molecule has 262 valence electrons. The SMILES string of the molecule is CCC=CCC=CCC=CCC=CCC=CCCC(C[C@H]1CCCN1C(=O)C(C)(C)Oc1ccc(C(=O)c2ccc(Cl)cc2)cc1)C(N)=O. The summed E-state index contributed by atoms with van der Waals surface area (Å²) >= 11 is 5.95. The molecule has 2 aromatic rings. The van der Waals surface area contributed by atoms with Crippen molar-refractivity contribution in [3.05, 3.63) is 125 Å². The number of primary amides is 1. The molecular formula is C42H53ClN2O4. The normalized spacial score (nSPS) is 16.2. The second-order valence-corrected chi connectivity index (χ2v) is 13.3. The van der Waals surface area contributed by atoms with Gasteiger partial charge in [-0.05, 0) is 127 Å². The number of benzene rings is 2. The summed E-state index contributed by atoms with van der Waals surface area (Å²) in [6, 6.07) is 13.5. The summed E-state index contributed by atoms with van der Waals surface area (Å²) in [5.74, 6) is -0.388. The summed E-state index contributed by atoms with van der Waals surface area (Å²) in [4.78, 5) is 40.8. The van der Waals surface area contributed by atoms with Crippen molar-refractivity contribution in [2.24, 2.45) is 11.7 Å². The number of hydrogen-bond acceptors (Lipinski definition) is 4. The Morgan fingerprint density at radius 1 is 0.837 bits per heavy atom. The van der Waals surface area contributed by atoms with E-state index in [9.17, 15) is 14.4 Å². The first-order valence-corrected chi connectivity index (χ1v) is 17.9. The quantitative estimate of drug-likeness (QED) is 0.111. The van der Waals surface area contributed by atoms with Crippen molar-refractivity contribution in [1.29, 1.82) is 0 Å². The second-order valence-electron chi connectivity index (χ2n) is 12.9. The summed E-state index contributed by atoms with van der Waals surface area (Å²) in [5.41, 5.74) is 5.74. The van der Waals surface area contributed by atoms with Gasteiger partial charge >= 0.3 is 0 Å². The van der Waals surface area contributed by atoms with Crippen LogP contribution in [0.2, 0.25) is 5.02 Å². The molecule has 0 aromatic heterocycles. The van der Waals surface area contributed by atoms with Crippen molar-refractivity contribution in [2.45, 2.75) is 96.6 Å². The number of carbonyl (C=O) groups is 3. The topological polar surface area (TPSA) is 89.7 Å². The van der Waals surface area contributed by atoms with Crippen molar-refractivity contribution in [2.75, 3.05) is 6.54 Å². The van der Waals surface area contributed by atoms with E-state index in [4.69, 9.17) is 22.1 Å². The number of halogens is 1. The van der Waals surface area contributed by atoms with Gasteiger partial charge in [-0.25, -0.2) is 0 Å². The molecular weight excluding hydrogens is 632 g/mol. The second kappa shape index (κ2) is 21.0. The number of ketones is 1. The zero-order chi connectivity index (χ0) is 35.5. The van der Waals surface area contributed by atoms with Crippen molar-refractivity contribution < 1.29 is 19.1 Å². The van der Waals surface area contributed by atoms with E-state index in [2.05, 4.69) is 67.7 Å². The fraction of sp³-hybridized carbons (Fsp3) is 0.405. The molecule has 2 N–H and O–H groups in total. The minimum Gasteiger partial charge on any atom is -0.478 e. The third kappa shape index (κ3) is 13.7. The van der Waals surface area contributed by atoms with Gasteiger partial charge in [0.05, 0.1) is 0 Å². The lowest BCUT2D eigenvalue weighted by atomic mass is 9.92. The van der Waals surface area contributed by atoms with Crippen LogP contribution in [0.25, 0.3) is 0 Å². The lowest BCUT2D eigenvalue weighted by Gasteiger charge is -2.34. The monoisotopic (exact) mass is 684 g/mol. The summed E-state index contributed by atoms with van der Waals surface area (Å²) in [5, 5.41) is 0.568. The number of rotatable bonds is 20. The first-order valence-electron chi connectivity index (χ1n) is 17.6. The molecule has 0 saturated carbocycles. The smallest absolute Gasteiger partial charge is 0.266 e. The van der Waals surface area contributed by atoms with E-state index in [1.54, 1.807) is 62.4 Å². The molecule has 2 aromatic carbocycles. The van der Waals surface area contributed by atoms with E-state index in [-0.39, 0.29) is 29.6 Å². The fourth-order valence-electron chi connectivity index (χ4n) is 5.85. The molecule has 1 aliphatic heterocycles. The summed E-state index contributed by atoms with van der Waals surface area (Å²) in [6.45, 7) is 6.27. The molecule has 2 amide bonds. The lowest BCUT2D eigenvalue weighted by molar-refractivity contribution is -0.147. The van der Waals surface area contributed by atoms with Gasteiger partial charge in [-0.2, -0.15) is 0 Å². The molecule has 1 saturated heterocycles. The van der Waals surface area contributed by atoms with Crippen LogP contribution in [0, 0.1) is 5.92 Å². The van der Waals surface area contributed by atoms with E-state index >= 15 is 0 Å². The largest absolute Gasteiger partial charge is 0.478 e. The third-order valence-corrected chi connectivity index (χ3v) is 8.80. The number of likely N-dealkylation sites (tertiary alicyclic amines) is 1. The van der Waals surface area contributed by atoms with Crippen molar-refractivity contribution in [3.8, 4) is 5.75 Å². The van der Waals surface area contributed by atoms with E-state index in [0.29, 0.717) is 41.3 Å². The van der Waals surface area contributed by atoms with Gasteiger partial charge in [0.2, 0.25) is 5.91 Å². The van der Waals surface area contributed by atoms with Gasteiger partial charge in [-0.3, -0.25) is 14.4 Å². The molecule has 0 bridgehead atoms. The highest BCUT2D eigenvalue weighted by atomic mass is 35.5. The van der Waals surface area contributed by atoms with Crippen LogP contribution < -0.4 is 10.5 Å². The number of nitrogens with two attached hydrogens (primary N) is 1. The van der Waals surface area contributed by atoms with E-state index < -0.39 is 5.60 Å². The Balaban J connectivity index is 1.44. The van der Waals surface area contributed by atoms with E-state index in [1.165, 1.54) is 0 Å². The van der Waals surface area contributed by atoms with Crippen LogP contribution in [0.4, 0.5) is 0 Å². The molecule has 49 heavy (non-hydrogen) atoms. The van der Waals surface area contributed by atoms with Crippen LogP contribution in [-0.2, 0) is 9.59 Å². The average Bonchev–Trinajstić information content (AvgIpc) is 3.55. The molecule has 1 heterocycles. The van der Waals surface area contributed by atoms with Crippen LogP contribution in [0.1, 0.15) is 101 Å². The van der Waals surface area contributed by atoms with Gasteiger partial charge in [-0.15, -0.1) is 0 Å². The first-order chi connectivity index (χ1) is 23.6. The zero-order valence-corrected chi connectivity index (χ0v) is 30.1. The van der Waals surface area contributed by atoms with Crippen LogP contribution in [0.15, 0.2) is 109 Å². The number of allylic oxidation sites excluding steroid dienone is 10. The Morgan fingerprint density at radius 3 is 1.88 bits per heavy atom. The molecule has 1 aliphatic rings. The van der Waals surface area contributed by atoms with Gasteiger partial charge < -0.3 is 15.4 Å². The van der Waals surface area contributed by atoms with Crippen LogP contribution in [-0.4, -0.2) is 40.7 Å². The predicted octanol–water partition coefficient (Wildman–Crippen LogP) is 9.74. The fourth-order valence-corrected chi connectivity index (χ4v) is 5.97. The van der Waals surface area contributed by atoms with Gasteiger partial charge in [0, 0.05) is 34.7 Å².